The minimum atomic E-state index is -0.662. The Kier molecular flexibility index (Phi) is 7.34. The third-order valence-electron chi connectivity index (χ3n) is 4.81. The molecule has 1 saturated heterocycles. The molecule has 2 fully saturated rings. The van der Waals surface area contributed by atoms with Crippen molar-refractivity contribution in [2.75, 3.05) is 13.2 Å². The Balaban J connectivity index is 1.91. The Morgan fingerprint density at radius 1 is 1.17 bits per heavy atom. The van der Waals surface area contributed by atoms with E-state index < -0.39 is 18.2 Å². The summed E-state index contributed by atoms with van der Waals surface area (Å²) in [5.74, 6) is 0.0855. The second kappa shape index (κ2) is 9.25. The van der Waals surface area contributed by atoms with Gasteiger partial charge in [-0.1, -0.05) is 46.0 Å². The average molecular weight is 340 g/mol. The third kappa shape index (κ3) is 5.65. The maximum absolute atomic E-state index is 12.6. The molecule has 2 rings (SSSR count). The molecule has 2 amide bonds. The lowest BCUT2D eigenvalue weighted by Gasteiger charge is -2.27. The number of aliphatic hydroxyl groups excluding tert-OH is 1. The molecule has 2 N–H and O–H groups in total. The molecule has 0 unspecified atom stereocenters. The highest BCUT2D eigenvalue weighted by Crippen LogP contribution is 2.21. The smallest absolute Gasteiger partial charge is 0.410 e. The van der Waals surface area contributed by atoms with Crippen molar-refractivity contribution in [3.8, 4) is 0 Å². The van der Waals surface area contributed by atoms with Crippen molar-refractivity contribution in [3.63, 3.8) is 0 Å². The number of rotatable bonds is 4. The first kappa shape index (κ1) is 19.0. The van der Waals surface area contributed by atoms with Gasteiger partial charge >= 0.3 is 6.09 Å². The molecule has 1 heterocycles. The number of aliphatic hydroxyl groups is 1. The van der Waals surface area contributed by atoms with Crippen LogP contribution in [0.25, 0.3) is 0 Å². The Morgan fingerprint density at radius 3 is 2.42 bits per heavy atom. The predicted octanol–water partition coefficient (Wildman–Crippen LogP) is 2.44. The van der Waals surface area contributed by atoms with Gasteiger partial charge in [-0.15, -0.1) is 0 Å². The quantitative estimate of drug-likeness (QED) is 0.824. The van der Waals surface area contributed by atoms with Crippen molar-refractivity contribution in [1.82, 2.24) is 10.2 Å². The highest BCUT2D eigenvalue weighted by Gasteiger charge is 2.40. The standard InChI is InChI=1S/C18H32N2O4/c1-13(2)12-24-18(23)20-11-15(21)10-16(20)17(22)19-14-8-6-4-3-5-7-9-14/h13-16,21H,3-12H2,1-2H3,(H,19,22)/t15-,16+/m1/s1. The summed E-state index contributed by atoms with van der Waals surface area (Å²) in [6, 6.07) is -0.436. The van der Waals surface area contributed by atoms with E-state index in [0.717, 1.165) is 25.7 Å². The molecule has 24 heavy (non-hydrogen) atoms. The van der Waals surface area contributed by atoms with Crippen LogP contribution in [0.4, 0.5) is 4.79 Å². The zero-order valence-electron chi connectivity index (χ0n) is 15.0. The van der Waals surface area contributed by atoms with Gasteiger partial charge in [0, 0.05) is 12.5 Å². The molecule has 0 aromatic rings. The van der Waals surface area contributed by atoms with E-state index in [-0.39, 0.29) is 30.8 Å². The summed E-state index contributed by atoms with van der Waals surface area (Å²) in [5, 5.41) is 13.0. The van der Waals surface area contributed by atoms with E-state index in [2.05, 4.69) is 5.32 Å². The van der Waals surface area contributed by atoms with E-state index in [9.17, 15) is 14.7 Å². The van der Waals surface area contributed by atoms with Gasteiger partial charge in [-0.25, -0.2) is 4.79 Å². The van der Waals surface area contributed by atoms with Crippen molar-refractivity contribution in [2.24, 2.45) is 5.92 Å². The summed E-state index contributed by atoms with van der Waals surface area (Å²) in [7, 11) is 0. The summed E-state index contributed by atoms with van der Waals surface area (Å²) in [6.45, 7) is 4.41. The number of β-amino-alcohol motifs (C(OH)–C–C–N with tert-alkyl or cyclic N) is 1. The number of carbonyl (C=O) groups excluding carboxylic acids is 2. The minimum Gasteiger partial charge on any atom is -0.449 e. The summed E-state index contributed by atoms with van der Waals surface area (Å²) in [6.07, 6.45) is 7.13. The number of hydrogen-bond acceptors (Lipinski definition) is 4. The third-order valence-corrected chi connectivity index (χ3v) is 4.81. The highest BCUT2D eigenvalue weighted by molar-refractivity contribution is 5.86. The van der Waals surface area contributed by atoms with Crippen LogP contribution >= 0.6 is 0 Å². The van der Waals surface area contributed by atoms with E-state index in [1.807, 2.05) is 13.8 Å². The molecule has 2 aliphatic rings. The second-order valence-corrected chi connectivity index (χ2v) is 7.58. The summed E-state index contributed by atoms with van der Waals surface area (Å²) in [5.41, 5.74) is 0. The van der Waals surface area contributed by atoms with Gasteiger partial charge in [0.2, 0.25) is 5.91 Å². The van der Waals surface area contributed by atoms with Crippen molar-refractivity contribution < 1.29 is 19.4 Å². The average Bonchev–Trinajstić information content (AvgIpc) is 2.89. The van der Waals surface area contributed by atoms with Crippen LogP contribution in [0, 0.1) is 5.92 Å². The van der Waals surface area contributed by atoms with Gasteiger partial charge in [-0.3, -0.25) is 9.69 Å². The van der Waals surface area contributed by atoms with Crippen LogP contribution in [0.3, 0.4) is 0 Å². The number of hydrogen-bond donors (Lipinski definition) is 2. The zero-order chi connectivity index (χ0) is 17.5. The fourth-order valence-corrected chi connectivity index (χ4v) is 3.48. The monoisotopic (exact) mass is 340 g/mol. The van der Waals surface area contributed by atoms with Gasteiger partial charge in [-0.2, -0.15) is 0 Å². The topological polar surface area (TPSA) is 78.9 Å². The normalized spacial score (nSPS) is 26.1. The lowest BCUT2D eigenvalue weighted by Crippen LogP contribution is -2.49. The van der Waals surface area contributed by atoms with Gasteiger partial charge in [0.05, 0.1) is 19.3 Å². The van der Waals surface area contributed by atoms with Crippen molar-refractivity contribution in [1.29, 1.82) is 0 Å². The van der Waals surface area contributed by atoms with Crippen LogP contribution in [-0.4, -0.2) is 53.3 Å². The number of nitrogens with one attached hydrogen (secondary N) is 1. The SMILES string of the molecule is CC(C)COC(=O)N1C[C@H](O)C[C@H]1C(=O)NC1CCCCCCC1. The fraction of sp³-hybridized carbons (Fsp3) is 0.889. The van der Waals surface area contributed by atoms with E-state index in [1.165, 1.54) is 24.2 Å². The van der Waals surface area contributed by atoms with Crippen LogP contribution < -0.4 is 5.32 Å². The highest BCUT2D eigenvalue weighted by atomic mass is 16.6. The van der Waals surface area contributed by atoms with Gasteiger partial charge in [0.1, 0.15) is 6.04 Å². The van der Waals surface area contributed by atoms with Crippen LogP contribution in [0.5, 0.6) is 0 Å². The van der Waals surface area contributed by atoms with Crippen LogP contribution in [0.2, 0.25) is 0 Å². The van der Waals surface area contributed by atoms with Crippen molar-refractivity contribution in [3.05, 3.63) is 0 Å². The predicted molar refractivity (Wildman–Crippen MR) is 91.6 cm³/mol. The zero-order valence-corrected chi connectivity index (χ0v) is 15.0. The van der Waals surface area contributed by atoms with Gasteiger partial charge in [0.15, 0.2) is 0 Å². The Morgan fingerprint density at radius 2 is 1.79 bits per heavy atom. The molecule has 6 nitrogen and oxygen atoms in total. The molecular formula is C18H32N2O4. The van der Waals surface area contributed by atoms with E-state index in [4.69, 9.17) is 4.74 Å². The second-order valence-electron chi connectivity index (χ2n) is 7.58. The van der Waals surface area contributed by atoms with E-state index in [0.29, 0.717) is 6.61 Å². The van der Waals surface area contributed by atoms with Gasteiger partial charge < -0.3 is 15.2 Å². The number of ether oxygens (including phenoxy) is 1. The summed E-state index contributed by atoms with van der Waals surface area (Å²) in [4.78, 5) is 26.2. The van der Waals surface area contributed by atoms with Crippen LogP contribution in [-0.2, 0) is 9.53 Å². The first-order valence-electron chi connectivity index (χ1n) is 9.39. The molecular weight excluding hydrogens is 308 g/mol. The molecule has 1 aliphatic carbocycles. The lowest BCUT2D eigenvalue weighted by atomic mass is 9.96. The number of carbonyl (C=O) groups is 2. The molecule has 6 heteroatoms. The Bertz CT molecular complexity index is 419. The maximum atomic E-state index is 12.6. The molecule has 0 aromatic heterocycles. The Hall–Kier alpha value is -1.30. The van der Waals surface area contributed by atoms with Crippen LogP contribution in [0.15, 0.2) is 0 Å². The Labute approximate surface area is 144 Å². The van der Waals surface area contributed by atoms with E-state index in [1.54, 1.807) is 0 Å². The van der Waals surface area contributed by atoms with Gasteiger partial charge in [-0.05, 0) is 18.8 Å². The molecule has 0 spiro atoms. The molecule has 0 bridgehead atoms. The molecule has 138 valence electrons. The molecule has 1 aliphatic heterocycles. The molecule has 0 aromatic carbocycles. The lowest BCUT2D eigenvalue weighted by molar-refractivity contribution is -0.126. The largest absolute Gasteiger partial charge is 0.449 e. The van der Waals surface area contributed by atoms with Crippen molar-refractivity contribution >= 4 is 12.0 Å². The summed E-state index contributed by atoms with van der Waals surface area (Å²) < 4.78 is 5.24. The maximum Gasteiger partial charge on any atom is 0.410 e. The summed E-state index contributed by atoms with van der Waals surface area (Å²) >= 11 is 0. The first-order valence-corrected chi connectivity index (χ1v) is 9.39. The molecule has 1 saturated carbocycles. The first-order chi connectivity index (χ1) is 11.5. The van der Waals surface area contributed by atoms with Crippen LogP contribution in [0.1, 0.15) is 65.2 Å². The number of amides is 2. The van der Waals surface area contributed by atoms with Gasteiger partial charge in [0.25, 0.3) is 0 Å². The number of nitrogens with zero attached hydrogens (tertiary/aromatic N) is 1. The minimum absolute atomic E-state index is 0.154. The van der Waals surface area contributed by atoms with Crippen molar-refractivity contribution in [2.45, 2.75) is 83.4 Å². The van der Waals surface area contributed by atoms with E-state index >= 15 is 0 Å². The fourth-order valence-electron chi connectivity index (χ4n) is 3.48. The number of likely N-dealkylation sites (tertiary alicyclic amines) is 1. The molecule has 0 radical (unpaired) electrons. The molecule has 2 atom stereocenters.